The largest absolute Gasteiger partial charge is 0.296 e. The lowest BCUT2D eigenvalue weighted by Gasteiger charge is -2.21. The van der Waals surface area contributed by atoms with Crippen LogP contribution in [0.25, 0.3) is 0 Å². The van der Waals surface area contributed by atoms with Gasteiger partial charge >= 0.3 is 0 Å². The summed E-state index contributed by atoms with van der Waals surface area (Å²) >= 11 is 0. The number of nitrogens with one attached hydrogen (secondary N) is 1. The molecule has 4 rings (SSSR count). The molecule has 28 heavy (non-hydrogen) atoms. The average molecular weight is 395 g/mol. The van der Waals surface area contributed by atoms with Gasteiger partial charge in [0.25, 0.3) is 0 Å². The van der Waals surface area contributed by atoms with Crippen molar-refractivity contribution in [3.05, 3.63) is 64.7 Å². The van der Waals surface area contributed by atoms with Crippen molar-refractivity contribution in [2.24, 2.45) is 0 Å². The number of piperidine rings is 1. The molecule has 2 amide bonds. The van der Waals surface area contributed by atoms with E-state index in [-0.39, 0.29) is 35.4 Å². The molecule has 0 spiro atoms. The third-order valence-corrected chi connectivity index (χ3v) is 7.04. The van der Waals surface area contributed by atoms with Crippen LogP contribution < -0.4 is 5.32 Å². The molecule has 1 fully saturated rings. The van der Waals surface area contributed by atoms with Crippen LogP contribution in [-0.2, 0) is 32.7 Å². The average Bonchev–Trinajstić information content (AvgIpc) is 3.12. The highest BCUT2D eigenvalue weighted by Gasteiger charge is 2.34. The fourth-order valence-electron chi connectivity index (χ4n) is 3.70. The number of imide groups is 1. The van der Waals surface area contributed by atoms with Crippen molar-refractivity contribution >= 4 is 21.8 Å². The van der Waals surface area contributed by atoms with Crippen LogP contribution in [0.3, 0.4) is 0 Å². The topological polar surface area (TPSA) is 107 Å². The lowest BCUT2D eigenvalue weighted by atomic mass is 9.89. The number of rotatable bonds is 3. The normalized spacial score (nSPS) is 19.8. The number of amides is 2. The second-order valence-electron chi connectivity index (χ2n) is 6.91. The van der Waals surface area contributed by atoms with E-state index in [0.717, 1.165) is 16.7 Å². The maximum absolute atomic E-state index is 13.0. The summed E-state index contributed by atoms with van der Waals surface area (Å²) in [6.07, 6.45) is 0.736. The quantitative estimate of drug-likeness (QED) is 0.797. The van der Waals surface area contributed by atoms with E-state index < -0.39 is 15.9 Å². The first kappa shape index (κ1) is 18.3. The van der Waals surface area contributed by atoms with Gasteiger partial charge in [-0.15, -0.1) is 0 Å². The Hall–Kier alpha value is -3.02. The minimum atomic E-state index is -3.82. The smallest absolute Gasteiger partial charge is 0.245 e. The molecule has 0 saturated carbocycles. The number of hydrogen-bond acceptors (Lipinski definition) is 5. The van der Waals surface area contributed by atoms with E-state index in [2.05, 4.69) is 5.32 Å². The van der Waals surface area contributed by atoms with Crippen LogP contribution in [-0.4, -0.2) is 24.5 Å². The van der Waals surface area contributed by atoms with Crippen LogP contribution in [0.15, 0.2) is 47.4 Å². The molecular formula is C20H17N3O4S. The molecule has 1 N–H and O–H groups in total. The molecule has 142 valence electrons. The second kappa shape index (κ2) is 6.86. The molecule has 0 aromatic heterocycles. The van der Waals surface area contributed by atoms with E-state index in [1.54, 1.807) is 12.1 Å². The third kappa shape index (κ3) is 3.09. The van der Waals surface area contributed by atoms with Gasteiger partial charge in [0, 0.05) is 19.5 Å². The van der Waals surface area contributed by atoms with E-state index in [1.807, 2.05) is 24.3 Å². The van der Waals surface area contributed by atoms with Gasteiger partial charge in [0.15, 0.2) is 0 Å². The van der Waals surface area contributed by atoms with Crippen molar-refractivity contribution in [1.29, 1.82) is 5.26 Å². The van der Waals surface area contributed by atoms with Crippen LogP contribution in [0, 0.1) is 11.3 Å². The Kier molecular flexibility index (Phi) is 4.49. The van der Waals surface area contributed by atoms with Crippen LogP contribution >= 0.6 is 0 Å². The van der Waals surface area contributed by atoms with Crippen molar-refractivity contribution < 1.29 is 18.0 Å². The monoisotopic (exact) mass is 395 g/mol. The Labute approximate surface area is 162 Å². The van der Waals surface area contributed by atoms with E-state index in [4.69, 9.17) is 0 Å². The van der Waals surface area contributed by atoms with Crippen molar-refractivity contribution in [2.75, 3.05) is 0 Å². The summed E-state index contributed by atoms with van der Waals surface area (Å²) in [5, 5.41) is 11.6. The number of benzene rings is 2. The first-order valence-corrected chi connectivity index (χ1v) is 10.3. The number of fused-ring (bicyclic) bond motifs is 1. The molecule has 2 aromatic rings. The van der Waals surface area contributed by atoms with E-state index in [0.29, 0.717) is 12.8 Å². The minimum absolute atomic E-state index is 0.00398. The van der Waals surface area contributed by atoms with Gasteiger partial charge in [-0.05, 0) is 35.2 Å². The maximum atomic E-state index is 13.0. The van der Waals surface area contributed by atoms with Crippen molar-refractivity contribution in [2.45, 2.75) is 36.7 Å². The van der Waals surface area contributed by atoms with Crippen molar-refractivity contribution in [1.82, 2.24) is 9.62 Å². The van der Waals surface area contributed by atoms with E-state index >= 15 is 0 Å². The molecule has 0 radical (unpaired) electrons. The van der Waals surface area contributed by atoms with E-state index in [9.17, 15) is 23.3 Å². The summed E-state index contributed by atoms with van der Waals surface area (Å²) < 4.78 is 27.4. The summed E-state index contributed by atoms with van der Waals surface area (Å²) in [6, 6.07) is 13.6. The Morgan fingerprint density at radius 1 is 1.07 bits per heavy atom. The summed E-state index contributed by atoms with van der Waals surface area (Å²) in [7, 11) is -3.82. The number of nitriles is 1. The lowest BCUT2D eigenvalue weighted by molar-refractivity contribution is -0.134. The molecule has 8 heteroatoms. The molecule has 0 bridgehead atoms. The van der Waals surface area contributed by atoms with Crippen LogP contribution in [0.2, 0.25) is 0 Å². The van der Waals surface area contributed by atoms with Crippen molar-refractivity contribution in [3.8, 4) is 6.07 Å². The van der Waals surface area contributed by atoms with Gasteiger partial charge in [-0.2, -0.15) is 9.57 Å². The highest BCUT2D eigenvalue weighted by atomic mass is 32.2. The molecule has 1 unspecified atom stereocenters. The Morgan fingerprint density at radius 3 is 2.57 bits per heavy atom. The zero-order valence-electron chi connectivity index (χ0n) is 14.9. The van der Waals surface area contributed by atoms with Gasteiger partial charge in [0.2, 0.25) is 21.8 Å². The zero-order valence-corrected chi connectivity index (χ0v) is 15.7. The van der Waals surface area contributed by atoms with Gasteiger partial charge in [0.05, 0.1) is 16.4 Å². The Balaban J connectivity index is 1.61. The summed E-state index contributed by atoms with van der Waals surface area (Å²) in [5.41, 5.74) is 2.59. The zero-order chi connectivity index (χ0) is 19.9. The van der Waals surface area contributed by atoms with E-state index in [1.165, 1.54) is 16.4 Å². The van der Waals surface area contributed by atoms with Gasteiger partial charge in [-0.1, -0.05) is 30.3 Å². The summed E-state index contributed by atoms with van der Waals surface area (Å²) in [5.74, 6) is -0.995. The molecular weight excluding hydrogens is 378 g/mol. The summed E-state index contributed by atoms with van der Waals surface area (Å²) in [6.45, 7) is 0.394. The highest BCUT2D eigenvalue weighted by molar-refractivity contribution is 7.89. The van der Waals surface area contributed by atoms with Crippen LogP contribution in [0.5, 0.6) is 0 Å². The van der Waals surface area contributed by atoms with Crippen LogP contribution in [0.4, 0.5) is 0 Å². The lowest BCUT2D eigenvalue weighted by Crippen LogP contribution is -2.39. The third-order valence-electron chi connectivity index (χ3n) is 5.19. The molecule has 7 nitrogen and oxygen atoms in total. The highest BCUT2D eigenvalue weighted by Crippen LogP contribution is 2.33. The SMILES string of the molecule is N#Cc1ccccc1S(=O)(=O)N1Cc2ccc(C3CCC(=O)NC3=O)cc2C1. The standard InChI is InChI=1S/C20H17N3O4S/c21-10-14-3-1-2-4-18(14)28(26,27)23-11-15-6-5-13(9-16(15)12-23)17-7-8-19(24)22-20(17)25/h1-6,9,17H,7-8,11-12H2,(H,22,24,25). The first-order chi connectivity index (χ1) is 13.4. The van der Waals surface area contributed by atoms with Crippen molar-refractivity contribution in [3.63, 3.8) is 0 Å². The molecule has 1 saturated heterocycles. The predicted molar refractivity (Wildman–Crippen MR) is 99.2 cm³/mol. The molecule has 2 aliphatic rings. The minimum Gasteiger partial charge on any atom is -0.296 e. The molecule has 0 aliphatic carbocycles. The number of carbonyl (C=O) groups is 2. The fraction of sp³-hybridized carbons (Fsp3) is 0.250. The van der Waals surface area contributed by atoms with Gasteiger partial charge in [-0.3, -0.25) is 14.9 Å². The number of hydrogen-bond donors (Lipinski definition) is 1. The fourth-order valence-corrected chi connectivity index (χ4v) is 5.24. The Bertz CT molecular complexity index is 1130. The number of sulfonamides is 1. The maximum Gasteiger partial charge on any atom is 0.245 e. The van der Waals surface area contributed by atoms with Gasteiger partial charge in [-0.25, -0.2) is 8.42 Å². The predicted octanol–water partition coefficient (Wildman–Crippen LogP) is 1.78. The number of carbonyl (C=O) groups excluding carboxylic acids is 2. The summed E-state index contributed by atoms with van der Waals surface area (Å²) in [4.78, 5) is 23.5. The van der Waals surface area contributed by atoms with Gasteiger partial charge in [0.1, 0.15) is 6.07 Å². The molecule has 2 aromatic carbocycles. The molecule has 2 heterocycles. The van der Waals surface area contributed by atoms with Crippen LogP contribution in [0.1, 0.15) is 41.0 Å². The first-order valence-electron chi connectivity index (χ1n) is 8.85. The molecule has 2 aliphatic heterocycles. The van der Waals surface area contributed by atoms with Gasteiger partial charge < -0.3 is 0 Å². The number of nitrogens with zero attached hydrogens (tertiary/aromatic N) is 2. The molecule has 1 atom stereocenters. The Morgan fingerprint density at radius 2 is 1.82 bits per heavy atom. The second-order valence-corrected chi connectivity index (χ2v) is 8.82.